The Bertz CT molecular complexity index is 1080. The Balaban J connectivity index is 1.53. The zero-order valence-corrected chi connectivity index (χ0v) is 17.3. The van der Waals surface area contributed by atoms with Crippen LogP contribution in [0.1, 0.15) is 15.2 Å². The molecule has 1 heterocycles. The van der Waals surface area contributed by atoms with E-state index >= 15 is 0 Å². The highest BCUT2D eigenvalue weighted by Gasteiger charge is 2.17. The molecule has 0 spiro atoms. The highest BCUT2D eigenvalue weighted by atomic mass is 35.5. The Labute approximate surface area is 180 Å². The molecule has 0 aliphatic rings. The molecule has 28 heavy (non-hydrogen) atoms. The fraction of sp³-hybridized carbons (Fsp3) is 0. The van der Waals surface area contributed by atoms with Crippen LogP contribution in [0.25, 0.3) is 16.2 Å². The van der Waals surface area contributed by atoms with Crippen molar-refractivity contribution >= 4 is 79.8 Å². The lowest BCUT2D eigenvalue weighted by Gasteiger charge is -2.09. The van der Waals surface area contributed by atoms with Gasteiger partial charge >= 0.3 is 0 Å². The van der Waals surface area contributed by atoms with E-state index in [1.165, 1.54) is 17.4 Å². The van der Waals surface area contributed by atoms with Crippen molar-refractivity contribution in [2.75, 3.05) is 0 Å². The van der Waals surface area contributed by atoms with Gasteiger partial charge in [0.2, 0.25) is 5.91 Å². The lowest BCUT2D eigenvalue weighted by Crippen LogP contribution is -2.48. The van der Waals surface area contributed by atoms with Crippen molar-refractivity contribution in [1.82, 2.24) is 16.2 Å². The number of thiophene rings is 1. The number of benzene rings is 2. The van der Waals surface area contributed by atoms with Gasteiger partial charge in [0.15, 0.2) is 5.11 Å². The Morgan fingerprint density at radius 2 is 1.71 bits per heavy atom. The normalized spacial score (nSPS) is 10.8. The second-order valence-corrected chi connectivity index (χ2v) is 7.80. The minimum absolute atomic E-state index is 0.0451. The van der Waals surface area contributed by atoms with E-state index in [9.17, 15) is 9.59 Å². The third kappa shape index (κ3) is 5.08. The van der Waals surface area contributed by atoms with Crippen LogP contribution >= 0.6 is 46.8 Å². The molecular weight excluding hydrogens is 437 g/mol. The average Bonchev–Trinajstić information content (AvgIpc) is 3.03. The van der Waals surface area contributed by atoms with Crippen molar-refractivity contribution in [2.45, 2.75) is 0 Å². The summed E-state index contributed by atoms with van der Waals surface area (Å²) in [6.45, 7) is 0. The van der Waals surface area contributed by atoms with Crippen LogP contribution in [0.15, 0.2) is 54.6 Å². The van der Waals surface area contributed by atoms with Gasteiger partial charge < -0.3 is 0 Å². The summed E-state index contributed by atoms with van der Waals surface area (Å²) in [5.74, 6) is -0.888. The summed E-state index contributed by atoms with van der Waals surface area (Å²) in [5, 5.41) is 4.18. The number of carbonyl (C=O) groups excluding carboxylic acids is 2. The number of hydrogen-bond acceptors (Lipinski definition) is 4. The quantitative estimate of drug-likeness (QED) is 0.311. The number of rotatable bonds is 3. The largest absolute Gasteiger partial charge is 0.298 e. The highest BCUT2D eigenvalue weighted by Crippen LogP contribution is 2.34. The number of carbonyl (C=O) groups is 2. The van der Waals surface area contributed by atoms with Gasteiger partial charge in [0.1, 0.15) is 4.88 Å². The first-order chi connectivity index (χ1) is 13.4. The SMILES string of the molecule is O=C(/C=C/c1ccc(Cl)cc1)NC(=S)NNC(=O)c1sc2ccccc2c1Cl. The van der Waals surface area contributed by atoms with Crippen LogP contribution in [0.2, 0.25) is 10.0 Å². The van der Waals surface area contributed by atoms with E-state index < -0.39 is 11.8 Å². The molecule has 1 aromatic heterocycles. The van der Waals surface area contributed by atoms with Crippen molar-refractivity contribution in [3.8, 4) is 0 Å². The van der Waals surface area contributed by atoms with Gasteiger partial charge in [-0.3, -0.25) is 25.8 Å². The van der Waals surface area contributed by atoms with Crippen LogP contribution in [0.4, 0.5) is 0 Å². The maximum Gasteiger partial charge on any atom is 0.281 e. The molecule has 0 radical (unpaired) electrons. The van der Waals surface area contributed by atoms with Crippen LogP contribution in [-0.2, 0) is 4.79 Å². The molecule has 0 bridgehead atoms. The third-order valence-corrected chi connectivity index (χ3v) is 5.69. The molecule has 0 unspecified atom stereocenters. The van der Waals surface area contributed by atoms with Gasteiger partial charge in [-0.05, 0) is 42.1 Å². The van der Waals surface area contributed by atoms with Gasteiger partial charge in [-0.15, -0.1) is 11.3 Å². The monoisotopic (exact) mass is 449 g/mol. The first kappa shape index (κ1) is 20.3. The highest BCUT2D eigenvalue weighted by molar-refractivity contribution is 7.80. The molecule has 3 N–H and O–H groups in total. The molecule has 2 aromatic carbocycles. The standard InChI is InChI=1S/C19H13Cl2N3O2S2/c20-12-8-5-11(6-9-12)7-10-15(25)22-19(27)24-23-18(26)17-16(21)13-3-1-2-4-14(13)28-17/h1-10H,(H,23,26)(H2,22,24,25,27)/b10-7+. The summed E-state index contributed by atoms with van der Waals surface area (Å²) in [6.07, 6.45) is 2.94. The molecule has 0 saturated heterocycles. The first-order valence-corrected chi connectivity index (χ1v) is 9.94. The van der Waals surface area contributed by atoms with Gasteiger partial charge in [0.05, 0.1) is 5.02 Å². The topological polar surface area (TPSA) is 70.2 Å². The van der Waals surface area contributed by atoms with Crippen LogP contribution in [-0.4, -0.2) is 16.9 Å². The zero-order chi connectivity index (χ0) is 20.1. The van der Waals surface area contributed by atoms with Gasteiger partial charge in [0.25, 0.3) is 5.91 Å². The van der Waals surface area contributed by atoms with Crippen LogP contribution in [0.5, 0.6) is 0 Å². The van der Waals surface area contributed by atoms with Gasteiger partial charge in [0, 0.05) is 21.2 Å². The van der Waals surface area contributed by atoms with Crippen LogP contribution in [0, 0.1) is 0 Å². The number of nitrogens with one attached hydrogen (secondary N) is 3. The van der Waals surface area contributed by atoms with Crippen molar-refractivity contribution in [2.24, 2.45) is 0 Å². The lowest BCUT2D eigenvalue weighted by molar-refractivity contribution is -0.115. The van der Waals surface area contributed by atoms with Crippen molar-refractivity contribution in [3.63, 3.8) is 0 Å². The molecule has 0 aliphatic heterocycles. The Morgan fingerprint density at radius 3 is 2.43 bits per heavy atom. The smallest absolute Gasteiger partial charge is 0.281 e. The number of hydrazine groups is 1. The van der Waals surface area contributed by atoms with Crippen molar-refractivity contribution < 1.29 is 9.59 Å². The number of thiocarbonyl (C=S) groups is 1. The van der Waals surface area contributed by atoms with Crippen LogP contribution < -0.4 is 16.2 Å². The molecule has 0 fully saturated rings. The summed E-state index contributed by atoms with van der Waals surface area (Å²) >= 11 is 18.3. The zero-order valence-electron chi connectivity index (χ0n) is 14.2. The lowest BCUT2D eigenvalue weighted by atomic mass is 10.2. The van der Waals surface area contributed by atoms with E-state index in [0.29, 0.717) is 14.9 Å². The molecule has 3 aromatic rings. The van der Waals surface area contributed by atoms with E-state index in [2.05, 4.69) is 16.2 Å². The maximum absolute atomic E-state index is 12.3. The summed E-state index contributed by atoms with van der Waals surface area (Å²) in [7, 11) is 0. The number of hydrogen-bond donors (Lipinski definition) is 3. The Kier molecular flexibility index (Phi) is 6.64. The molecule has 0 atom stereocenters. The fourth-order valence-corrected chi connectivity index (χ4v) is 3.95. The van der Waals surface area contributed by atoms with Gasteiger partial charge in [-0.25, -0.2) is 0 Å². The molecular formula is C19H13Cl2N3O2S2. The molecule has 2 amide bonds. The Morgan fingerprint density at radius 1 is 1.00 bits per heavy atom. The molecule has 142 valence electrons. The van der Waals surface area contributed by atoms with E-state index in [4.69, 9.17) is 35.4 Å². The second kappa shape index (κ2) is 9.16. The van der Waals surface area contributed by atoms with Crippen LogP contribution in [0.3, 0.4) is 0 Å². The molecule has 0 saturated carbocycles. The predicted molar refractivity (Wildman–Crippen MR) is 119 cm³/mol. The summed E-state index contributed by atoms with van der Waals surface area (Å²) in [6, 6.07) is 14.4. The van der Waals surface area contributed by atoms with Crippen molar-refractivity contribution in [3.05, 3.63) is 75.1 Å². The second-order valence-electron chi connectivity index (χ2n) is 5.52. The number of halogens is 2. The number of amides is 2. The summed E-state index contributed by atoms with van der Waals surface area (Å²) in [5.41, 5.74) is 5.73. The molecule has 9 heteroatoms. The molecule has 3 rings (SSSR count). The molecule has 0 aliphatic carbocycles. The third-order valence-electron chi connectivity index (χ3n) is 3.56. The van der Waals surface area contributed by atoms with E-state index in [-0.39, 0.29) is 5.11 Å². The van der Waals surface area contributed by atoms with Gasteiger partial charge in [-0.1, -0.05) is 53.5 Å². The molecule has 5 nitrogen and oxygen atoms in total. The van der Waals surface area contributed by atoms with Gasteiger partial charge in [-0.2, -0.15) is 0 Å². The minimum Gasteiger partial charge on any atom is -0.298 e. The van der Waals surface area contributed by atoms with E-state index in [0.717, 1.165) is 15.6 Å². The first-order valence-electron chi connectivity index (χ1n) is 7.96. The van der Waals surface area contributed by atoms with E-state index in [1.807, 2.05) is 24.3 Å². The Hall–Kier alpha value is -2.45. The van der Waals surface area contributed by atoms with E-state index in [1.54, 1.807) is 30.3 Å². The fourth-order valence-electron chi connectivity index (χ4n) is 2.26. The summed E-state index contributed by atoms with van der Waals surface area (Å²) in [4.78, 5) is 24.6. The predicted octanol–water partition coefficient (Wildman–Crippen LogP) is 4.56. The maximum atomic E-state index is 12.3. The summed E-state index contributed by atoms with van der Waals surface area (Å²) < 4.78 is 0.904. The number of fused-ring (bicyclic) bond motifs is 1. The minimum atomic E-state index is -0.445. The average molecular weight is 450 g/mol. The van der Waals surface area contributed by atoms with Crippen molar-refractivity contribution in [1.29, 1.82) is 0 Å².